The third kappa shape index (κ3) is 3.28. The van der Waals surface area contributed by atoms with E-state index in [9.17, 15) is 4.79 Å². The number of carbonyl (C=O) groups excluding carboxylic acids is 1. The molecule has 0 amide bonds. The van der Waals surface area contributed by atoms with Crippen molar-refractivity contribution in [2.45, 2.75) is 6.92 Å². The maximum Gasteiger partial charge on any atom is 0.167 e. The van der Waals surface area contributed by atoms with Crippen LogP contribution in [0.3, 0.4) is 0 Å². The second kappa shape index (κ2) is 5.60. The van der Waals surface area contributed by atoms with Crippen LogP contribution in [0.25, 0.3) is 11.4 Å². The number of Topliss-reactive ketones (excluding diaryl/α,β-unsaturated/α-hetero) is 1. The summed E-state index contributed by atoms with van der Waals surface area (Å²) in [6.07, 6.45) is 3.07. The van der Waals surface area contributed by atoms with Gasteiger partial charge in [-0.2, -0.15) is 0 Å². The number of rotatable bonds is 4. The van der Waals surface area contributed by atoms with Gasteiger partial charge in [0.05, 0.1) is 12.4 Å². The van der Waals surface area contributed by atoms with Crippen LogP contribution >= 0.6 is 11.6 Å². The highest BCUT2D eigenvalue weighted by molar-refractivity contribution is 6.30. The van der Waals surface area contributed by atoms with Crippen LogP contribution in [0.2, 0.25) is 5.02 Å². The van der Waals surface area contributed by atoms with Gasteiger partial charge in [-0.1, -0.05) is 23.7 Å². The summed E-state index contributed by atoms with van der Waals surface area (Å²) in [6, 6.07) is 7.28. The third-order valence-electron chi connectivity index (χ3n) is 2.15. The zero-order valence-electron chi connectivity index (χ0n) is 9.76. The Morgan fingerprint density at radius 3 is 2.67 bits per heavy atom. The molecule has 1 heterocycles. The van der Waals surface area contributed by atoms with Crippen LogP contribution in [0, 0.1) is 0 Å². The van der Waals surface area contributed by atoms with E-state index in [1.54, 1.807) is 12.1 Å². The van der Waals surface area contributed by atoms with Crippen molar-refractivity contribution in [3.63, 3.8) is 0 Å². The van der Waals surface area contributed by atoms with E-state index in [1.165, 1.54) is 19.3 Å². The molecule has 0 unspecified atom stereocenters. The first-order valence-corrected chi connectivity index (χ1v) is 5.73. The van der Waals surface area contributed by atoms with Gasteiger partial charge < -0.3 is 4.74 Å². The van der Waals surface area contributed by atoms with Gasteiger partial charge >= 0.3 is 0 Å². The van der Waals surface area contributed by atoms with E-state index in [1.807, 2.05) is 12.1 Å². The van der Waals surface area contributed by atoms with Gasteiger partial charge in [-0.3, -0.25) is 4.79 Å². The molecule has 0 aliphatic carbocycles. The highest BCUT2D eigenvalue weighted by atomic mass is 35.5. The van der Waals surface area contributed by atoms with Gasteiger partial charge in [0.15, 0.2) is 17.4 Å². The van der Waals surface area contributed by atoms with E-state index in [4.69, 9.17) is 16.3 Å². The number of ketones is 1. The summed E-state index contributed by atoms with van der Waals surface area (Å²) in [4.78, 5) is 19.1. The van der Waals surface area contributed by atoms with Crippen molar-refractivity contribution < 1.29 is 9.53 Å². The summed E-state index contributed by atoms with van der Waals surface area (Å²) in [5.41, 5.74) is 0.834. The van der Waals surface area contributed by atoms with Crippen molar-refractivity contribution in [3.05, 3.63) is 41.7 Å². The van der Waals surface area contributed by atoms with E-state index < -0.39 is 0 Å². The molecule has 92 valence electrons. The monoisotopic (exact) mass is 262 g/mol. The summed E-state index contributed by atoms with van der Waals surface area (Å²) in [7, 11) is 0. The van der Waals surface area contributed by atoms with Crippen LogP contribution in [-0.2, 0) is 4.79 Å². The number of carbonyl (C=O) groups is 1. The molecule has 1 aromatic carbocycles. The van der Waals surface area contributed by atoms with Gasteiger partial charge in [-0.25, -0.2) is 9.97 Å². The molecule has 18 heavy (non-hydrogen) atoms. The van der Waals surface area contributed by atoms with Crippen molar-refractivity contribution in [1.29, 1.82) is 0 Å². The van der Waals surface area contributed by atoms with E-state index in [-0.39, 0.29) is 12.4 Å². The topological polar surface area (TPSA) is 52.1 Å². The Morgan fingerprint density at radius 2 is 2.06 bits per heavy atom. The minimum absolute atomic E-state index is 0.0277. The van der Waals surface area contributed by atoms with Crippen molar-refractivity contribution in [1.82, 2.24) is 9.97 Å². The SMILES string of the molecule is CC(=O)COc1cnc(-c2cccc(Cl)c2)nc1. The number of benzene rings is 1. The van der Waals surface area contributed by atoms with E-state index in [0.717, 1.165) is 5.56 Å². The van der Waals surface area contributed by atoms with Crippen molar-refractivity contribution in [2.24, 2.45) is 0 Å². The van der Waals surface area contributed by atoms with Crippen LogP contribution in [-0.4, -0.2) is 22.4 Å². The molecule has 0 N–H and O–H groups in total. The number of hydrogen-bond donors (Lipinski definition) is 0. The zero-order valence-corrected chi connectivity index (χ0v) is 10.5. The molecule has 0 bridgehead atoms. The van der Waals surface area contributed by atoms with Gasteiger partial charge in [-0.05, 0) is 19.1 Å². The summed E-state index contributed by atoms with van der Waals surface area (Å²) in [5.74, 6) is 0.984. The molecule has 0 saturated carbocycles. The smallest absolute Gasteiger partial charge is 0.167 e. The molecule has 2 rings (SSSR count). The molecule has 0 spiro atoms. The Bertz CT molecular complexity index is 555. The minimum atomic E-state index is -0.0473. The molecule has 0 aliphatic heterocycles. The van der Waals surface area contributed by atoms with Gasteiger partial charge in [0.1, 0.15) is 6.61 Å². The van der Waals surface area contributed by atoms with E-state index in [2.05, 4.69) is 9.97 Å². The summed E-state index contributed by atoms with van der Waals surface area (Å²) >= 11 is 5.89. The predicted molar refractivity (Wildman–Crippen MR) is 68.7 cm³/mol. The molecular weight excluding hydrogens is 252 g/mol. The average Bonchev–Trinajstić information content (AvgIpc) is 2.37. The summed E-state index contributed by atoms with van der Waals surface area (Å²) in [6.45, 7) is 1.49. The molecular formula is C13H11ClN2O2. The number of ether oxygens (including phenoxy) is 1. The molecule has 0 saturated heterocycles. The first kappa shape index (κ1) is 12.5. The quantitative estimate of drug-likeness (QED) is 0.850. The molecule has 4 nitrogen and oxygen atoms in total. The Morgan fingerprint density at radius 1 is 1.33 bits per heavy atom. The first-order chi connectivity index (χ1) is 8.65. The van der Waals surface area contributed by atoms with E-state index >= 15 is 0 Å². The third-order valence-corrected chi connectivity index (χ3v) is 2.39. The molecule has 1 aromatic heterocycles. The fourth-order valence-electron chi connectivity index (χ4n) is 1.35. The predicted octanol–water partition coefficient (Wildman–Crippen LogP) is 2.76. The van der Waals surface area contributed by atoms with Crippen LogP contribution < -0.4 is 4.74 Å². The number of halogens is 1. The lowest BCUT2D eigenvalue weighted by atomic mass is 10.2. The second-order valence-electron chi connectivity index (χ2n) is 3.74. The Hall–Kier alpha value is -1.94. The maximum atomic E-state index is 10.8. The summed E-state index contributed by atoms with van der Waals surface area (Å²) in [5, 5.41) is 0.632. The van der Waals surface area contributed by atoms with Crippen molar-refractivity contribution >= 4 is 17.4 Å². The lowest BCUT2D eigenvalue weighted by molar-refractivity contribution is -0.118. The molecule has 0 atom stereocenters. The number of hydrogen-bond acceptors (Lipinski definition) is 4. The largest absolute Gasteiger partial charge is 0.483 e. The summed E-state index contributed by atoms with van der Waals surface area (Å²) < 4.78 is 5.18. The van der Waals surface area contributed by atoms with Gasteiger partial charge in [0.25, 0.3) is 0 Å². The molecule has 0 radical (unpaired) electrons. The lowest BCUT2D eigenvalue weighted by Gasteiger charge is -2.04. The fourth-order valence-corrected chi connectivity index (χ4v) is 1.54. The standard InChI is InChI=1S/C13H11ClN2O2/c1-9(17)8-18-12-6-15-13(16-7-12)10-3-2-4-11(14)5-10/h2-7H,8H2,1H3. The van der Waals surface area contributed by atoms with Crippen molar-refractivity contribution in [3.8, 4) is 17.1 Å². The highest BCUT2D eigenvalue weighted by Gasteiger charge is 2.03. The number of nitrogens with zero attached hydrogens (tertiary/aromatic N) is 2. The average molecular weight is 263 g/mol. The Balaban J connectivity index is 2.14. The first-order valence-electron chi connectivity index (χ1n) is 5.35. The molecule has 2 aromatic rings. The highest BCUT2D eigenvalue weighted by Crippen LogP contribution is 2.20. The Labute approximate surface area is 110 Å². The van der Waals surface area contributed by atoms with Crippen LogP contribution in [0.5, 0.6) is 5.75 Å². The maximum absolute atomic E-state index is 10.8. The van der Waals surface area contributed by atoms with Gasteiger partial charge in [0.2, 0.25) is 0 Å². The molecule has 0 fully saturated rings. The minimum Gasteiger partial charge on any atom is -0.483 e. The van der Waals surface area contributed by atoms with Crippen molar-refractivity contribution in [2.75, 3.05) is 6.61 Å². The van der Waals surface area contributed by atoms with Crippen LogP contribution in [0.15, 0.2) is 36.7 Å². The second-order valence-corrected chi connectivity index (χ2v) is 4.18. The molecule has 0 aliphatic rings. The number of aromatic nitrogens is 2. The van der Waals surface area contributed by atoms with Gasteiger partial charge in [0, 0.05) is 10.6 Å². The van der Waals surface area contributed by atoms with Crippen LogP contribution in [0.4, 0.5) is 0 Å². The molecule has 5 heteroatoms. The van der Waals surface area contributed by atoms with Crippen LogP contribution in [0.1, 0.15) is 6.92 Å². The fraction of sp³-hybridized carbons (Fsp3) is 0.154. The van der Waals surface area contributed by atoms with Gasteiger partial charge in [-0.15, -0.1) is 0 Å². The Kier molecular flexibility index (Phi) is 3.89. The zero-order chi connectivity index (χ0) is 13.0. The lowest BCUT2D eigenvalue weighted by Crippen LogP contribution is -2.07. The normalized spacial score (nSPS) is 10.1. The van der Waals surface area contributed by atoms with E-state index in [0.29, 0.717) is 16.6 Å².